The Bertz CT molecular complexity index is 1050. The van der Waals surface area contributed by atoms with E-state index in [2.05, 4.69) is 5.32 Å². The molecule has 0 radical (unpaired) electrons. The van der Waals surface area contributed by atoms with E-state index < -0.39 is 39.9 Å². The van der Waals surface area contributed by atoms with Crippen LogP contribution in [-0.2, 0) is 4.79 Å². The summed E-state index contributed by atoms with van der Waals surface area (Å²) in [4.78, 5) is 11.7. The highest BCUT2D eigenvalue weighted by Gasteiger charge is 2.73. The van der Waals surface area contributed by atoms with Crippen LogP contribution >= 0.6 is 11.8 Å². The van der Waals surface area contributed by atoms with Crippen molar-refractivity contribution in [2.24, 2.45) is 0 Å². The normalized spacial score (nSPS) is 12.8. The summed E-state index contributed by atoms with van der Waals surface area (Å²) in [7, 11) is 1.45. The number of nitrogens with zero attached hydrogens (tertiary/aromatic N) is 1. The zero-order valence-corrected chi connectivity index (χ0v) is 16.8. The van der Waals surface area contributed by atoms with Gasteiger partial charge in [-0.25, -0.2) is 0 Å². The van der Waals surface area contributed by atoms with Crippen molar-refractivity contribution in [2.75, 3.05) is 12.4 Å². The van der Waals surface area contributed by atoms with E-state index in [1.165, 1.54) is 19.3 Å². The minimum Gasteiger partial charge on any atom is -0.497 e. The smallest absolute Gasteiger partial charge is 0.460 e. The zero-order valence-electron chi connectivity index (χ0n) is 16.0. The van der Waals surface area contributed by atoms with E-state index in [0.29, 0.717) is 11.3 Å². The molecule has 0 atom stereocenters. The Balaban J connectivity index is 2.20. The van der Waals surface area contributed by atoms with Gasteiger partial charge >= 0.3 is 17.4 Å². The number of benzene rings is 2. The van der Waals surface area contributed by atoms with Gasteiger partial charge in [-0.15, -0.1) is 0 Å². The summed E-state index contributed by atoms with van der Waals surface area (Å²) in [6, 6.07) is 11.8. The number of carbonyl (C=O) groups is 1. The Kier molecular flexibility index (Phi) is 7.46. The molecule has 170 valence electrons. The lowest BCUT2D eigenvalue weighted by Crippen LogP contribution is -2.49. The fourth-order valence-corrected chi connectivity index (χ4v) is 3.10. The topological polar surface area (TPSA) is 62.1 Å². The van der Waals surface area contributed by atoms with Crippen LogP contribution in [0.4, 0.5) is 36.4 Å². The number of thioether (sulfide) groups is 1. The molecule has 0 unspecified atom stereocenters. The maximum Gasteiger partial charge on any atom is 0.460 e. The second-order valence-electron chi connectivity index (χ2n) is 6.12. The highest BCUT2D eigenvalue weighted by Crippen LogP contribution is 2.53. The average molecular weight is 478 g/mol. The Hall–Kier alpha value is -3.20. The first-order chi connectivity index (χ1) is 14.8. The minimum atomic E-state index is -6.46. The molecule has 0 aliphatic carbocycles. The van der Waals surface area contributed by atoms with E-state index in [0.717, 1.165) is 18.2 Å². The van der Waals surface area contributed by atoms with Gasteiger partial charge in [-0.05, 0) is 53.7 Å². The van der Waals surface area contributed by atoms with E-state index in [-0.39, 0.29) is 11.3 Å². The Labute approximate surface area is 181 Å². The van der Waals surface area contributed by atoms with Gasteiger partial charge in [0.15, 0.2) is 0 Å². The first-order valence-electron chi connectivity index (χ1n) is 8.49. The predicted molar refractivity (Wildman–Crippen MR) is 103 cm³/mol. The van der Waals surface area contributed by atoms with Crippen LogP contribution in [0, 0.1) is 11.3 Å². The molecule has 1 N–H and O–H groups in total. The summed E-state index contributed by atoms with van der Waals surface area (Å²) in [5.41, 5.74) is -0.0972. The van der Waals surface area contributed by atoms with E-state index in [9.17, 15) is 40.8 Å². The van der Waals surface area contributed by atoms with Crippen molar-refractivity contribution >= 4 is 29.4 Å². The maximum atomic E-state index is 13.6. The van der Waals surface area contributed by atoms with Crippen LogP contribution in [0.1, 0.15) is 5.56 Å². The molecular formula is C20H13F7N2O2S. The zero-order chi connectivity index (χ0) is 24.2. The third-order valence-corrected chi connectivity index (χ3v) is 4.85. The number of ether oxygens (including phenoxy) is 1. The molecule has 2 rings (SSSR count). The van der Waals surface area contributed by atoms with E-state index in [1.807, 2.05) is 0 Å². The number of anilines is 1. The van der Waals surface area contributed by atoms with Crippen molar-refractivity contribution in [3.05, 3.63) is 59.7 Å². The fourth-order valence-electron chi connectivity index (χ4n) is 2.23. The average Bonchev–Trinajstić information content (AvgIpc) is 2.71. The van der Waals surface area contributed by atoms with Crippen molar-refractivity contribution < 1.29 is 40.3 Å². The lowest BCUT2D eigenvalue weighted by atomic mass is 10.1. The van der Waals surface area contributed by atoms with E-state index in [4.69, 9.17) is 4.74 Å². The molecule has 1 amide bonds. The van der Waals surface area contributed by atoms with Crippen molar-refractivity contribution in [1.82, 2.24) is 0 Å². The number of methoxy groups -OCH3 is 1. The summed E-state index contributed by atoms with van der Waals surface area (Å²) in [6.45, 7) is 0. The summed E-state index contributed by atoms with van der Waals surface area (Å²) < 4.78 is 95.2. The van der Waals surface area contributed by atoms with Gasteiger partial charge in [0.05, 0.1) is 7.11 Å². The summed E-state index contributed by atoms with van der Waals surface area (Å²) >= 11 is -1.00. The molecule has 2 aromatic rings. The van der Waals surface area contributed by atoms with Gasteiger partial charge in [0.25, 0.3) is 5.91 Å². The fraction of sp³-hybridized carbons (Fsp3) is 0.200. The third-order valence-electron chi connectivity index (χ3n) is 3.85. The largest absolute Gasteiger partial charge is 0.497 e. The number of nitrogens with one attached hydrogen (secondary N) is 1. The van der Waals surface area contributed by atoms with Crippen LogP contribution in [0.2, 0.25) is 0 Å². The second-order valence-corrected chi connectivity index (χ2v) is 7.30. The molecule has 4 nitrogen and oxygen atoms in total. The van der Waals surface area contributed by atoms with Gasteiger partial charge in [0.1, 0.15) is 17.4 Å². The number of rotatable bonds is 7. The number of alkyl halides is 7. The molecule has 2 aromatic carbocycles. The van der Waals surface area contributed by atoms with E-state index >= 15 is 0 Å². The number of halogens is 7. The van der Waals surface area contributed by atoms with Gasteiger partial charge < -0.3 is 10.1 Å². The molecule has 0 fully saturated rings. The highest BCUT2D eigenvalue weighted by atomic mass is 32.2. The summed E-state index contributed by atoms with van der Waals surface area (Å²) in [6.07, 6.45) is -5.23. The lowest BCUT2D eigenvalue weighted by Gasteiger charge is -2.27. The van der Waals surface area contributed by atoms with Crippen molar-refractivity contribution in [3.63, 3.8) is 0 Å². The molecule has 0 aliphatic rings. The maximum absolute atomic E-state index is 13.6. The molecule has 0 spiro atoms. The van der Waals surface area contributed by atoms with Crippen LogP contribution in [0.5, 0.6) is 5.75 Å². The molecule has 0 saturated heterocycles. The SMILES string of the molecule is COc1ccc(/C=C(\C#N)C(=O)Nc2cccc(SC(F)(F)C(F)(F)C(F)(F)F)c2)cc1. The van der Waals surface area contributed by atoms with Gasteiger partial charge in [0.2, 0.25) is 0 Å². The Morgan fingerprint density at radius 3 is 2.22 bits per heavy atom. The number of amides is 1. The monoisotopic (exact) mass is 478 g/mol. The number of hydrogen-bond acceptors (Lipinski definition) is 4. The van der Waals surface area contributed by atoms with Crippen molar-refractivity contribution in [2.45, 2.75) is 22.2 Å². The van der Waals surface area contributed by atoms with Crippen LogP contribution in [0.25, 0.3) is 6.08 Å². The van der Waals surface area contributed by atoms with Gasteiger partial charge in [-0.2, -0.15) is 36.0 Å². The predicted octanol–water partition coefficient (Wildman–Crippen LogP) is 6.12. The minimum absolute atomic E-state index is 0.193. The van der Waals surface area contributed by atoms with E-state index in [1.54, 1.807) is 30.3 Å². The van der Waals surface area contributed by atoms with Gasteiger partial charge in [-0.3, -0.25) is 4.79 Å². The second kappa shape index (κ2) is 9.52. The number of carbonyl (C=O) groups excluding carboxylic acids is 1. The first kappa shape index (κ1) is 25.1. The molecule has 32 heavy (non-hydrogen) atoms. The Morgan fingerprint density at radius 2 is 1.69 bits per heavy atom. The molecule has 0 heterocycles. The van der Waals surface area contributed by atoms with Crippen molar-refractivity contribution in [3.8, 4) is 11.8 Å². The molecule has 0 saturated carbocycles. The molecule has 0 aromatic heterocycles. The molecule has 12 heteroatoms. The van der Waals surface area contributed by atoms with Gasteiger partial charge in [-0.1, -0.05) is 18.2 Å². The lowest BCUT2D eigenvalue weighted by molar-refractivity contribution is -0.330. The third kappa shape index (κ3) is 5.73. The van der Waals surface area contributed by atoms with Crippen molar-refractivity contribution in [1.29, 1.82) is 5.26 Å². The quantitative estimate of drug-likeness (QED) is 0.225. The molecular weight excluding hydrogens is 465 g/mol. The standard InChI is InChI=1S/C20H13F7N2O2S/c1-31-15-7-5-12(6-8-15)9-13(11-28)17(30)29-14-3-2-4-16(10-14)32-20(26,27)18(21,22)19(23,24)25/h2-10H,1H3,(H,29,30)/b13-9+. The summed E-state index contributed by atoms with van der Waals surface area (Å²) in [5, 5.41) is 5.92. The number of hydrogen-bond donors (Lipinski definition) is 1. The number of nitriles is 1. The molecule has 0 bridgehead atoms. The molecule has 0 aliphatic heterocycles. The summed E-state index contributed by atoms with van der Waals surface area (Å²) in [5.74, 6) is -6.69. The Morgan fingerprint density at radius 1 is 1.06 bits per heavy atom. The van der Waals surface area contributed by atoms with Crippen LogP contribution in [-0.4, -0.2) is 30.4 Å². The van der Waals surface area contributed by atoms with Crippen LogP contribution in [0.15, 0.2) is 59.0 Å². The first-order valence-corrected chi connectivity index (χ1v) is 9.31. The van der Waals surface area contributed by atoms with Crippen LogP contribution < -0.4 is 10.1 Å². The van der Waals surface area contributed by atoms with Crippen LogP contribution in [0.3, 0.4) is 0 Å². The van der Waals surface area contributed by atoms with Gasteiger partial charge in [0, 0.05) is 10.6 Å². The highest BCUT2D eigenvalue weighted by molar-refractivity contribution is 8.00.